The van der Waals surface area contributed by atoms with E-state index < -0.39 is 5.92 Å². The van der Waals surface area contributed by atoms with Crippen molar-refractivity contribution in [3.05, 3.63) is 42.5 Å². The van der Waals surface area contributed by atoms with Gasteiger partial charge < -0.3 is 19.4 Å². The number of H-pyrrole nitrogens is 1. The van der Waals surface area contributed by atoms with Crippen molar-refractivity contribution in [3.63, 3.8) is 0 Å². The van der Waals surface area contributed by atoms with Crippen LogP contribution in [0, 0.1) is 5.92 Å². The second-order valence-electron chi connectivity index (χ2n) is 6.53. The molecule has 0 unspecified atom stereocenters. The van der Waals surface area contributed by atoms with Gasteiger partial charge in [-0.3, -0.25) is 14.9 Å². The zero-order valence-electron chi connectivity index (χ0n) is 15.6. The summed E-state index contributed by atoms with van der Waals surface area (Å²) >= 11 is 0. The Morgan fingerprint density at radius 2 is 2.04 bits per heavy atom. The molecule has 0 radical (unpaired) electrons. The molecule has 1 atom stereocenters. The van der Waals surface area contributed by atoms with Crippen molar-refractivity contribution in [2.24, 2.45) is 5.92 Å². The molecule has 1 aromatic heterocycles. The number of amides is 2. The number of rotatable bonds is 5. The average molecular weight is 380 g/mol. The zero-order chi connectivity index (χ0) is 19.7. The first-order valence-corrected chi connectivity index (χ1v) is 8.87. The van der Waals surface area contributed by atoms with Crippen molar-refractivity contribution < 1.29 is 19.1 Å². The summed E-state index contributed by atoms with van der Waals surface area (Å²) in [5.41, 5.74) is 2.22. The summed E-state index contributed by atoms with van der Waals surface area (Å²) in [6, 6.07) is 12.7. The molecule has 2 heterocycles. The summed E-state index contributed by atoms with van der Waals surface area (Å²) < 4.78 is 10.6. The molecule has 2 amide bonds. The minimum atomic E-state index is -0.479. The SMILES string of the molecule is COc1ccc(N2C[C@H](C(=O)Nc3nc4ccccc4[nH]3)CC2=O)c(OC)c1. The molecule has 4 rings (SSSR count). The maximum absolute atomic E-state index is 12.7. The highest BCUT2D eigenvalue weighted by Crippen LogP contribution is 2.36. The van der Waals surface area contributed by atoms with Gasteiger partial charge in [-0.2, -0.15) is 0 Å². The summed E-state index contributed by atoms with van der Waals surface area (Å²) in [5.74, 6) is 0.666. The number of nitrogens with zero attached hydrogens (tertiary/aromatic N) is 2. The van der Waals surface area contributed by atoms with E-state index in [1.165, 1.54) is 7.11 Å². The van der Waals surface area contributed by atoms with Gasteiger partial charge in [0.2, 0.25) is 17.8 Å². The number of methoxy groups -OCH3 is 2. The fraction of sp³-hybridized carbons (Fsp3) is 0.250. The summed E-state index contributed by atoms with van der Waals surface area (Å²) in [6.07, 6.45) is 0.126. The van der Waals surface area contributed by atoms with Crippen molar-refractivity contribution in [1.82, 2.24) is 9.97 Å². The third-order valence-electron chi connectivity index (χ3n) is 4.80. The molecular weight excluding hydrogens is 360 g/mol. The Balaban J connectivity index is 1.50. The topological polar surface area (TPSA) is 96.5 Å². The van der Waals surface area contributed by atoms with Crippen LogP contribution < -0.4 is 19.7 Å². The van der Waals surface area contributed by atoms with Crippen molar-refractivity contribution in [1.29, 1.82) is 0 Å². The molecule has 28 heavy (non-hydrogen) atoms. The first-order chi connectivity index (χ1) is 13.6. The van der Waals surface area contributed by atoms with E-state index in [1.807, 2.05) is 24.3 Å². The van der Waals surface area contributed by atoms with Crippen LogP contribution in [0.5, 0.6) is 11.5 Å². The van der Waals surface area contributed by atoms with Crippen LogP contribution in [0.1, 0.15) is 6.42 Å². The average Bonchev–Trinajstić information content (AvgIpc) is 3.30. The van der Waals surface area contributed by atoms with Crippen LogP contribution in [0.25, 0.3) is 11.0 Å². The van der Waals surface area contributed by atoms with Crippen LogP contribution >= 0.6 is 0 Å². The number of anilines is 2. The first kappa shape index (κ1) is 17.8. The Labute approximate surface area is 161 Å². The molecule has 1 saturated heterocycles. The third kappa shape index (κ3) is 3.24. The Hall–Kier alpha value is -3.55. The maximum Gasteiger partial charge on any atom is 0.232 e. The molecule has 144 valence electrons. The van der Waals surface area contributed by atoms with Gasteiger partial charge >= 0.3 is 0 Å². The van der Waals surface area contributed by atoms with Gasteiger partial charge in [-0.25, -0.2) is 4.98 Å². The lowest BCUT2D eigenvalue weighted by Crippen LogP contribution is -2.28. The fourth-order valence-corrected chi connectivity index (χ4v) is 3.35. The van der Waals surface area contributed by atoms with Gasteiger partial charge in [-0.15, -0.1) is 0 Å². The normalized spacial score (nSPS) is 16.4. The summed E-state index contributed by atoms with van der Waals surface area (Å²) in [6.45, 7) is 0.271. The molecule has 1 aliphatic rings. The van der Waals surface area contributed by atoms with E-state index in [1.54, 1.807) is 30.2 Å². The highest BCUT2D eigenvalue weighted by atomic mass is 16.5. The number of benzene rings is 2. The van der Waals surface area contributed by atoms with E-state index in [0.717, 1.165) is 11.0 Å². The van der Waals surface area contributed by atoms with E-state index >= 15 is 0 Å². The zero-order valence-corrected chi connectivity index (χ0v) is 15.6. The van der Waals surface area contributed by atoms with Crippen molar-refractivity contribution in [2.75, 3.05) is 31.0 Å². The lowest BCUT2D eigenvalue weighted by Gasteiger charge is -2.20. The number of ether oxygens (including phenoxy) is 2. The summed E-state index contributed by atoms with van der Waals surface area (Å²) in [4.78, 5) is 34.2. The number of nitrogens with one attached hydrogen (secondary N) is 2. The molecule has 0 saturated carbocycles. The minimum Gasteiger partial charge on any atom is -0.497 e. The van der Waals surface area contributed by atoms with Crippen LogP contribution in [-0.2, 0) is 9.59 Å². The van der Waals surface area contributed by atoms with Crippen molar-refractivity contribution in [3.8, 4) is 11.5 Å². The molecule has 1 aliphatic heterocycles. The van der Waals surface area contributed by atoms with Crippen molar-refractivity contribution >= 4 is 34.5 Å². The van der Waals surface area contributed by atoms with Crippen LogP contribution in [0.3, 0.4) is 0 Å². The Bertz CT molecular complexity index is 1010. The number of aromatic nitrogens is 2. The molecule has 1 fully saturated rings. The molecule has 0 aliphatic carbocycles. The molecule has 8 heteroatoms. The monoisotopic (exact) mass is 380 g/mol. The smallest absolute Gasteiger partial charge is 0.232 e. The minimum absolute atomic E-state index is 0.126. The molecular formula is C20H20N4O4. The molecule has 2 N–H and O–H groups in total. The van der Waals surface area contributed by atoms with Crippen LogP contribution in [-0.4, -0.2) is 42.5 Å². The largest absolute Gasteiger partial charge is 0.497 e. The van der Waals surface area contributed by atoms with Gasteiger partial charge in [-0.1, -0.05) is 12.1 Å². The van der Waals surface area contributed by atoms with E-state index in [4.69, 9.17) is 9.47 Å². The van der Waals surface area contributed by atoms with Crippen LogP contribution in [0.4, 0.5) is 11.6 Å². The molecule has 2 aromatic carbocycles. The number of fused-ring (bicyclic) bond motifs is 1. The molecule has 8 nitrogen and oxygen atoms in total. The Morgan fingerprint density at radius 1 is 1.21 bits per heavy atom. The molecule has 3 aromatic rings. The second-order valence-corrected chi connectivity index (χ2v) is 6.53. The van der Waals surface area contributed by atoms with Gasteiger partial charge in [0.15, 0.2) is 0 Å². The fourth-order valence-electron chi connectivity index (χ4n) is 3.35. The predicted molar refractivity (Wildman–Crippen MR) is 105 cm³/mol. The highest BCUT2D eigenvalue weighted by molar-refractivity contribution is 6.04. The Kier molecular flexibility index (Phi) is 4.60. The molecule has 0 spiro atoms. The van der Waals surface area contributed by atoms with E-state index in [-0.39, 0.29) is 24.8 Å². The summed E-state index contributed by atoms with van der Waals surface area (Å²) in [7, 11) is 3.10. The number of carbonyl (C=O) groups is 2. The van der Waals surface area contributed by atoms with Gasteiger partial charge in [0.1, 0.15) is 11.5 Å². The van der Waals surface area contributed by atoms with Gasteiger partial charge in [0.25, 0.3) is 0 Å². The van der Waals surface area contributed by atoms with E-state index in [2.05, 4.69) is 15.3 Å². The summed E-state index contributed by atoms with van der Waals surface area (Å²) in [5, 5.41) is 2.78. The number of imidazole rings is 1. The standard InChI is InChI=1S/C20H20N4O4/c1-27-13-7-8-16(17(10-13)28-2)24-11-12(9-18(24)25)19(26)23-20-21-14-5-3-4-6-15(14)22-20/h3-8,10,12H,9,11H2,1-2H3,(H2,21,22,23,26)/t12-/m1/s1. The second kappa shape index (κ2) is 7.22. The lowest BCUT2D eigenvalue weighted by molar-refractivity contribution is -0.122. The quantitative estimate of drug-likeness (QED) is 0.709. The highest BCUT2D eigenvalue weighted by Gasteiger charge is 2.36. The number of hydrogen-bond acceptors (Lipinski definition) is 5. The Morgan fingerprint density at radius 3 is 2.79 bits per heavy atom. The van der Waals surface area contributed by atoms with Crippen LogP contribution in [0.15, 0.2) is 42.5 Å². The van der Waals surface area contributed by atoms with E-state index in [9.17, 15) is 9.59 Å². The number of para-hydroxylation sites is 2. The first-order valence-electron chi connectivity index (χ1n) is 8.87. The van der Waals surface area contributed by atoms with Gasteiger partial charge in [-0.05, 0) is 24.3 Å². The predicted octanol–water partition coefficient (Wildman–Crippen LogP) is 2.57. The van der Waals surface area contributed by atoms with Gasteiger partial charge in [0.05, 0.1) is 36.9 Å². The number of carbonyl (C=O) groups excluding carboxylic acids is 2. The van der Waals surface area contributed by atoms with Crippen LogP contribution in [0.2, 0.25) is 0 Å². The number of aromatic amines is 1. The molecule has 0 bridgehead atoms. The van der Waals surface area contributed by atoms with Crippen molar-refractivity contribution in [2.45, 2.75) is 6.42 Å². The maximum atomic E-state index is 12.7. The van der Waals surface area contributed by atoms with Gasteiger partial charge in [0, 0.05) is 19.0 Å². The van der Waals surface area contributed by atoms with E-state index in [0.29, 0.717) is 23.1 Å². The lowest BCUT2D eigenvalue weighted by atomic mass is 10.1. The number of hydrogen-bond donors (Lipinski definition) is 2. The third-order valence-corrected chi connectivity index (χ3v) is 4.80.